The van der Waals surface area contributed by atoms with Crippen LogP contribution >= 0.6 is 72.1 Å². The van der Waals surface area contributed by atoms with E-state index in [-0.39, 0.29) is 80.0 Å². The van der Waals surface area contributed by atoms with E-state index in [4.69, 9.17) is 10.8 Å². The lowest BCUT2D eigenvalue weighted by Gasteiger charge is -2.15. The first kappa shape index (κ1) is 74.0. The number of amides is 7. The molecule has 7 amide bonds. The van der Waals surface area contributed by atoms with Crippen molar-refractivity contribution in [3.8, 4) is 0 Å². The first-order chi connectivity index (χ1) is 30.2. The molecule has 0 aromatic carbocycles. The molecular formula is C39H73ClN8O13S5. The monoisotopic (exact) mass is 1060 g/mol. The Hall–Kier alpha value is -3.56. The molecule has 0 fully saturated rings. The lowest BCUT2D eigenvalue weighted by molar-refractivity contribution is -0.141. The second-order valence-electron chi connectivity index (χ2n) is 12.8. The fourth-order valence-electron chi connectivity index (χ4n) is 3.90. The van der Waals surface area contributed by atoms with Crippen molar-refractivity contribution < 1.29 is 62.6 Å². The van der Waals surface area contributed by atoms with Gasteiger partial charge in [0.05, 0.1) is 0 Å². The van der Waals surface area contributed by atoms with E-state index >= 15 is 0 Å². The van der Waals surface area contributed by atoms with Crippen molar-refractivity contribution in [2.45, 2.75) is 120 Å². The summed E-state index contributed by atoms with van der Waals surface area (Å²) in [5.74, 6) is -0.0894. The molecule has 0 saturated carbocycles. The van der Waals surface area contributed by atoms with E-state index < -0.39 is 30.1 Å². The Labute approximate surface area is 417 Å². The zero-order chi connectivity index (χ0) is 51.5. The highest BCUT2D eigenvalue weighted by atomic mass is 35.5. The van der Waals surface area contributed by atoms with Crippen molar-refractivity contribution in [2.75, 3.05) is 54.9 Å². The van der Waals surface area contributed by atoms with Crippen LogP contribution in [0.1, 0.15) is 95.4 Å². The van der Waals surface area contributed by atoms with Crippen molar-refractivity contribution in [3.63, 3.8) is 0 Å². The van der Waals surface area contributed by atoms with Crippen molar-refractivity contribution in [2.24, 2.45) is 5.73 Å². The highest BCUT2D eigenvalue weighted by Crippen LogP contribution is 2.01. The zero-order valence-electron chi connectivity index (χ0n) is 39.7. The first-order valence-corrected chi connectivity index (χ1v) is 24.8. The van der Waals surface area contributed by atoms with Crippen molar-refractivity contribution >= 4 is 140 Å². The van der Waals surface area contributed by atoms with Gasteiger partial charge in [0.1, 0.15) is 24.2 Å². The fourth-order valence-corrected chi connectivity index (χ4v) is 6.04. The van der Waals surface area contributed by atoms with E-state index in [1.807, 2.05) is 13.8 Å². The zero-order valence-corrected chi connectivity index (χ0v) is 44.7. The summed E-state index contributed by atoms with van der Waals surface area (Å²) < 4.78 is 0. The molecule has 0 unspecified atom stereocenters. The van der Waals surface area contributed by atoms with Gasteiger partial charge in [0.15, 0.2) is 20.5 Å². The van der Waals surface area contributed by atoms with Crippen LogP contribution in [0.15, 0.2) is 0 Å². The second kappa shape index (κ2) is 49.3. The van der Waals surface area contributed by atoms with Gasteiger partial charge in [-0.2, -0.15) is 12.6 Å². The number of carboxylic acids is 1. The average molecular weight is 1060 g/mol. The van der Waals surface area contributed by atoms with E-state index in [0.717, 1.165) is 17.5 Å². The predicted molar refractivity (Wildman–Crippen MR) is 271 cm³/mol. The summed E-state index contributed by atoms with van der Waals surface area (Å²) in [4.78, 5) is 129. The predicted octanol–water partition coefficient (Wildman–Crippen LogP) is 1.04. The van der Waals surface area contributed by atoms with Gasteiger partial charge in [-0.1, -0.05) is 67.8 Å². The Balaban J connectivity index is -0.000000174. The van der Waals surface area contributed by atoms with Crippen LogP contribution in [0.3, 0.4) is 0 Å². The summed E-state index contributed by atoms with van der Waals surface area (Å²) in [6.45, 7) is 18.6. The first-order valence-electron chi connectivity index (χ1n) is 20.2. The van der Waals surface area contributed by atoms with Crippen LogP contribution in [0, 0.1) is 0 Å². The highest BCUT2D eigenvalue weighted by Gasteiger charge is 2.19. The Morgan fingerprint density at radius 3 is 0.879 bits per heavy atom. The fraction of sp³-hybridized carbons (Fsp3) is 0.692. The van der Waals surface area contributed by atoms with Crippen molar-refractivity contribution in [1.82, 2.24) is 37.2 Å². The molecule has 21 nitrogen and oxygen atoms in total. The number of halogens is 1. The number of thioether (sulfide) groups is 4. The Morgan fingerprint density at radius 2 is 0.697 bits per heavy atom. The molecule has 0 radical (unpaired) electrons. The van der Waals surface area contributed by atoms with Crippen LogP contribution in [0.5, 0.6) is 0 Å². The van der Waals surface area contributed by atoms with Crippen molar-refractivity contribution in [1.29, 1.82) is 0 Å². The number of nitrogens with two attached hydrogens (primary N) is 1. The lowest BCUT2D eigenvalue weighted by Crippen LogP contribution is -2.47. The number of carbonyl (C=O) groups is 12. The standard InChI is InChI=1S/2C10H18N2O3S.C9H16N2O3S2.C6H11NO3.C4H9NOS.ClH/c2*1-4-9(12-7(2)13)10(15)11-5-6-16-8(3)14;1-6(12)11-8(5-15)9(14)10-3-4-16-7(2)13;1-3-5(6(9)10)7-4(2)8;1-4(6)7-3-2-5;/h2*9H,4-6H2,1-3H3,(H,11,15)(H,12,13);8,15H,3-5H2,1-2H3,(H,10,14)(H,11,12);5H,3H2,1-2H3,(H,7,8)(H,9,10);2-3,5H2,1H3;1H/t2*9-;8-;5-;;/m0000../s1. The molecule has 384 valence electrons. The topological polar surface area (TPSA) is 335 Å². The van der Waals surface area contributed by atoms with Crippen LogP contribution in [-0.4, -0.2) is 152 Å². The summed E-state index contributed by atoms with van der Waals surface area (Å²) >= 11 is 8.72. The maximum Gasteiger partial charge on any atom is 0.326 e. The average Bonchev–Trinajstić information content (AvgIpc) is 3.21. The van der Waals surface area contributed by atoms with E-state index in [9.17, 15) is 57.5 Å². The Kier molecular flexibility index (Phi) is 55.3. The number of aliphatic carboxylic acids is 1. The summed E-state index contributed by atoms with van der Waals surface area (Å²) in [6, 6.07) is -2.33. The van der Waals surface area contributed by atoms with Gasteiger partial charge in [0, 0.05) is 110 Å². The minimum atomic E-state index is -0.988. The van der Waals surface area contributed by atoms with Crippen LogP contribution in [-0.2, 0) is 57.5 Å². The third-order valence-corrected chi connectivity index (χ3v) is 10.4. The maximum absolute atomic E-state index is 11.5. The number of thiol groups is 1. The second-order valence-corrected chi connectivity index (χ2v) is 18.2. The molecular weight excluding hydrogens is 984 g/mol. The molecule has 0 aliphatic heterocycles. The van der Waals surface area contributed by atoms with Gasteiger partial charge < -0.3 is 48.1 Å². The molecule has 0 bridgehead atoms. The molecule has 0 rings (SSSR count). The van der Waals surface area contributed by atoms with E-state index in [1.165, 1.54) is 83.8 Å². The van der Waals surface area contributed by atoms with E-state index in [0.29, 0.717) is 62.7 Å². The molecule has 0 heterocycles. The minimum absolute atomic E-state index is 0. The summed E-state index contributed by atoms with van der Waals surface area (Å²) in [5, 5.41) is 26.5. The molecule has 0 aromatic rings. The third kappa shape index (κ3) is 56.6. The lowest BCUT2D eigenvalue weighted by atomic mass is 10.2. The molecule has 0 aromatic heterocycles. The van der Waals surface area contributed by atoms with Gasteiger partial charge in [-0.15, -0.1) is 12.4 Å². The van der Waals surface area contributed by atoms with E-state index in [1.54, 1.807) is 13.8 Å². The quantitative estimate of drug-likeness (QED) is 0.0505. The molecule has 27 heteroatoms. The largest absolute Gasteiger partial charge is 0.480 e. The summed E-state index contributed by atoms with van der Waals surface area (Å²) in [7, 11) is 0. The number of carbonyl (C=O) groups excluding carboxylic acids is 11. The van der Waals surface area contributed by atoms with Gasteiger partial charge in [-0.25, -0.2) is 4.79 Å². The molecule has 0 aliphatic rings. The smallest absolute Gasteiger partial charge is 0.326 e. The normalized spacial score (nSPS) is 11.3. The Morgan fingerprint density at radius 1 is 0.455 bits per heavy atom. The summed E-state index contributed by atoms with van der Waals surface area (Å²) in [6.07, 6.45) is 1.51. The molecule has 0 aliphatic carbocycles. The molecule has 10 N–H and O–H groups in total. The number of carboxylic acid groups (broad SMARTS) is 1. The van der Waals surface area contributed by atoms with Crippen molar-refractivity contribution in [3.05, 3.63) is 0 Å². The van der Waals surface area contributed by atoms with Gasteiger partial charge in [-0.3, -0.25) is 52.7 Å². The van der Waals surface area contributed by atoms with Crippen LogP contribution in [0.25, 0.3) is 0 Å². The SMILES string of the molecule is CC(=O)N[C@@H](CS)C(=O)NCCSC(C)=O.CC(=O)SCCN.CC[C@H](NC(C)=O)C(=O)NCCSC(C)=O.CC[C@H](NC(C)=O)C(=O)NCCSC(C)=O.CC[C@H](NC(C)=O)C(=O)O.Cl. The third-order valence-electron chi connectivity index (χ3n) is 6.71. The minimum Gasteiger partial charge on any atom is -0.480 e. The molecule has 0 spiro atoms. The number of hydrogen-bond donors (Lipinski definition) is 10. The number of nitrogens with one attached hydrogen (secondary N) is 7. The Bertz CT molecular complexity index is 1380. The molecule has 0 saturated heterocycles. The van der Waals surface area contributed by atoms with Gasteiger partial charge in [-0.05, 0) is 19.3 Å². The van der Waals surface area contributed by atoms with Crippen LogP contribution in [0.2, 0.25) is 0 Å². The number of hydrogen-bond acceptors (Lipinski definition) is 18. The van der Waals surface area contributed by atoms with Gasteiger partial charge >= 0.3 is 5.97 Å². The highest BCUT2D eigenvalue weighted by molar-refractivity contribution is 8.14. The van der Waals surface area contributed by atoms with E-state index in [2.05, 4.69) is 49.8 Å². The summed E-state index contributed by atoms with van der Waals surface area (Å²) in [5.41, 5.74) is 5.10. The molecule has 4 atom stereocenters. The maximum atomic E-state index is 11.5. The molecule has 66 heavy (non-hydrogen) atoms. The van der Waals surface area contributed by atoms with Crippen LogP contribution in [0.4, 0.5) is 0 Å². The van der Waals surface area contributed by atoms with Gasteiger partial charge in [0.2, 0.25) is 41.4 Å². The van der Waals surface area contributed by atoms with Crippen LogP contribution < -0.4 is 43.0 Å². The number of rotatable bonds is 23. The van der Waals surface area contributed by atoms with Gasteiger partial charge in [0.25, 0.3) is 0 Å².